The molecule has 0 spiro atoms. The molecule has 10 aromatic rings. The first-order chi connectivity index (χ1) is 51.2. The van der Waals surface area contributed by atoms with Crippen LogP contribution in [0, 0.1) is 0 Å². The third-order valence-electron chi connectivity index (χ3n) is 18.5. The normalized spacial score (nSPS) is 11.4. The highest BCUT2D eigenvalue weighted by molar-refractivity contribution is 8.00. The summed E-state index contributed by atoms with van der Waals surface area (Å²) in [4.78, 5) is 40.8. The number of pyridine rings is 5. The van der Waals surface area contributed by atoms with Gasteiger partial charge in [-0.1, -0.05) is 177 Å². The number of hydrogen-bond acceptors (Lipinski definition) is 15. The van der Waals surface area contributed by atoms with Crippen molar-refractivity contribution in [3.63, 3.8) is 0 Å². The van der Waals surface area contributed by atoms with Gasteiger partial charge in [0.05, 0.1) is 27.6 Å². The first-order valence-corrected chi connectivity index (χ1v) is 45.0. The van der Waals surface area contributed by atoms with Crippen molar-refractivity contribution in [2.24, 2.45) is 0 Å². The maximum absolute atomic E-state index is 6.04. The van der Waals surface area contributed by atoms with Crippen LogP contribution >= 0.6 is 117 Å². The zero-order valence-electron chi connectivity index (χ0n) is 64.1. The van der Waals surface area contributed by atoms with Gasteiger partial charge in [-0.3, -0.25) is 24.9 Å². The van der Waals surface area contributed by atoms with Crippen molar-refractivity contribution in [3.05, 3.63) is 177 Å². The molecule has 0 saturated carbocycles. The summed E-state index contributed by atoms with van der Waals surface area (Å²) in [5, 5.41) is 9.74. The Bertz CT molecular complexity index is 4050. The average molecular weight is 1610 g/mol. The molecule has 0 radical (unpaired) electrons. The van der Waals surface area contributed by atoms with Gasteiger partial charge in [0.25, 0.3) is 0 Å². The summed E-state index contributed by atoms with van der Waals surface area (Å²) < 4.78 is 0. The lowest BCUT2D eigenvalue weighted by atomic mass is 10.2. The van der Waals surface area contributed by atoms with Crippen LogP contribution in [0.1, 0.15) is 133 Å². The standard InChI is InChI=1S/C19H27ClN2S.C18H25ClN2S.C17H23ClN2S.C16H21ClN2S.C15H19ClN2S/c1-3-22(4-2)13-7-5-6-8-14-23-19-11-12-21-18-15-16(20)9-10-17(18)19;1-3-21(4-2)12-6-5-7-13-22-18-10-11-20-17-14-15(19)8-9-16(17)18;1-3-20(4-2)11-5-6-12-21-17-9-10-19-16-13-14(18)7-8-15(16)17;1-3-19(4-2)10-5-11-20-16-8-9-18-15-12-13(17)6-7-14(15)16;1-3-18(4-2)9-10-19-15-7-8-17-14-11-12(16)5-6-13(14)15/h9-12,15H,3-8,13-14H2,1-2H3;8-11,14H,3-7,12-13H2,1-2H3;7-10,13H,3-6,11-12H2,1-2H3;6-9,12H,3-5,10-11H2,1-2H3;5-8,11H,3-4,9-10H2,1-2H3. The molecule has 5 aromatic carbocycles. The van der Waals surface area contributed by atoms with E-state index in [1.165, 1.54) is 166 Å². The summed E-state index contributed by atoms with van der Waals surface area (Å²) in [5.41, 5.74) is 4.91. The van der Waals surface area contributed by atoms with Gasteiger partial charge in [0.15, 0.2) is 0 Å². The highest BCUT2D eigenvalue weighted by Crippen LogP contribution is 2.34. The maximum Gasteiger partial charge on any atom is 0.0728 e. The second-order valence-corrected chi connectivity index (χ2v) is 33.1. The van der Waals surface area contributed by atoms with Gasteiger partial charge >= 0.3 is 0 Å². The Kier molecular flexibility index (Phi) is 45.5. The van der Waals surface area contributed by atoms with E-state index in [-0.39, 0.29) is 0 Å². The fourth-order valence-corrected chi connectivity index (χ4v) is 18.0. The van der Waals surface area contributed by atoms with Crippen LogP contribution in [0.4, 0.5) is 0 Å². The van der Waals surface area contributed by atoms with Crippen molar-refractivity contribution < 1.29 is 0 Å². The molecule has 0 atom stereocenters. The van der Waals surface area contributed by atoms with Crippen LogP contribution < -0.4 is 0 Å². The SMILES string of the molecule is CCN(CC)CCCCCCSc1ccnc2cc(Cl)ccc12.CCN(CC)CCCCCSc1ccnc2cc(Cl)ccc12.CCN(CC)CCCCSc1ccnc2cc(Cl)ccc12.CCN(CC)CCCSc1ccnc2cc(Cl)ccc12.CCN(CC)CCSc1ccnc2cc(Cl)ccc12. The van der Waals surface area contributed by atoms with Crippen molar-refractivity contribution in [1.82, 2.24) is 49.4 Å². The summed E-state index contributed by atoms with van der Waals surface area (Å²) in [7, 11) is 0. The van der Waals surface area contributed by atoms with Gasteiger partial charge < -0.3 is 24.5 Å². The molecule has 0 unspecified atom stereocenters. The van der Waals surface area contributed by atoms with Gasteiger partial charge in [0.1, 0.15) is 0 Å². The van der Waals surface area contributed by atoms with Crippen LogP contribution in [0.2, 0.25) is 25.1 Å². The Labute approximate surface area is 677 Å². The molecule has 0 aliphatic rings. The van der Waals surface area contributed by atoms with Gasteiger partial charge in [-0.15, -0.1) is 58.8 Å². The molecule has 5 aromatic heterocycles. The van der Waals surface area contributed by atoms with Gasteiger partial charge in [0.2, 0.25) is 0 Å². The third kappa shape index (κ3) is 32.9. The van der Waals surface area contributed by atoms with Gasteiger partial charge in [-0.05, 0) is 251 Å². The summed E-state index contributed by atoms with van der Waals surface area (Å²) in [6, 6.07) is 40.2. The molecule has 0 amide bonds. The third-order valence-corrected chi connectivity index (χ3v) is 25.3. The molecule has 570 valence electrons. The van der Waals surface area contributed by atoms with Gasteiger partial charge in [-0.25, -0.2) is 0 Å². The minimum absolute atomic E-state index is 0.741. The number of hydrogen-bond donors (Lipinski definition) is 0. The van der Waals surface area contributed by atoms with E-state index in [1.54, 1.807) is 0 Å². The van der Waals surface area contributed by atoms with Crippen molar-refractivity contribution in [3.8, 4) is 0 Å². The van der Waals surface area contributed by atoms with E-state index < -0.39 is 0 Å². The summed E-state index contributed by atoms with van der Waals surface area (Å²) in [6.07, 6.45) is 22.2. The molecule has 0 aliphatic carbocycles. The van der Waals surface area contributed by atoms with E-state index in [1.807, 2.05) is 150 Å². The molecule has 0 N–H and O–H groups in total. The van der Waals surface area contributed by atoms with E-state index in [4.69, 9.17) is 58.0 Å². The molecular weight excluding hydrogens is 1500 g/mol. The lowest BCUT2D eigenvalue weighted by Crippen LogP contribution is -2.25. The van der Waals surface area contributed by atoms with Crippen LogP contribution in [0.5, 0.6) is 0 Å². The number of benzene rings is 5. The Morgan fingerprint density at radius 3 is 0.695 bits per heavy atom. The molecule has 5 heterocycles. The molecule has 0 bridgehead atoms. The van der Waals surface area contributed by atoms with E-state index >= 15 is 0 Å². The van der Waals surface area contributed by atoms with Crippen molar-refractivity contribution in [1.29, 1.82) is 0 Å². The zero-order valence-corrected chi connectivity index (χ0v) is 71.9. The molecule has 0 aliphatic heterocycles. The van der Waals surface area contributed by atoms with Crippen molar-refractivity contribution in [2.75, 3.05) is 127 Å². The minimum atomic E-state index is 0.741. The predicted molar refractivity (Wildman–Crippen MR) is 472 cm³/mol. The quantitative estimate of drug-likeness (QED) is 0.0270. The van der Waals surface area contributed by atoms with Crippen molar-refractivity contribution >= 4 is 171 Å². The molecular formula is C85H115Cl5N10S5. The van der Waals surface area contributed by atoms with Crippen LogP contribution in [-0.2, 0) is 0 Å². The molecule has 10 rings (SSSR count). The van der Waals surface area contributed by atoms with Crippen LogP contribution in [0.25, 0.3) is 54.5 Å². The fourth-order valence-electron chi connectivity index (χ4n) is 11.9. The van der Waals surface area contributed by atoms with E-state index in [2.05, 4.69) is 179 Å². The Morgan fingerprint density at radius 2 is 0.429 bits per heavy atom. The second-order valence-electron chi connectivity index (χ2n) is 25.3. The number of nitrogens with zero attached hydrogens (tertiary/aromatic N) is 10. The molecule has 105 heavy (non-hydrogen) atoms. The highest BCUT2D eigenvalue weighted by Gasteiger charge is 2.11. The number of halogens is 5. The van der Waals surface area contributed by atoms with E-state index in [0.717, 1.165) is 129 Å². The number of fused-ring (bicyclic) bond motifs is 5. The average Bonchev–Trinajstić information content (AvgIpc) is 0.856. The Balaban J connectivity index is 0.000000206. The largest absolute Gasteiger partial charge is 0.304 e. The summed E-state index contributed by atoms with van der Waals surface area (Å²) in [6.45, 7) is 39.7. The summed E-state index contributed by atoms with van der Waals surface area (Å²) >= 11 is 39.7. The Hall–Kier alpha value is -3.85. The molecule has 20 heteroatoms. The summed E-state index contributed by atoms with van der Waals surface area (Å²) in [5.74, 6) is 5.73. The van der Waals surface area contributed by atoms with Crippen LogP contribution in [-0.4, -0.2) is 176 Å². The van der Waals surface area contributed by atoms with E-state index in [9.17, 15) is 0 Å². The number of unbranched alkanes of at least 4 members (excludes halogenated alkanes) is 6. The smallest absolute Gasteiger partial charge is 0.0728 e. The number of rotatable bonds is 40. The number of thioether (sulfide) groups is 5. The van der Waals surface area contributed by atoms with E-state index in [0.29, 0.717) is 0 Å². The van der Waals surface area contributed by atoms with Crippen molar-refractivity contribution in [2.45, 2.75) is 158 Å². The van der Waals surface area contributed by atoms with Crippen LogP contribution in [0.15, 0.2) is 177 Å². The highest BCUT2D eigenvalue weighted by atomic mass is 35.5. The number of aromatic nitrogens is 5. The lowest BCUT2D eigenvalue weighted by Gasteiger charge is -2.17. The maximum atomic E-state index is 6.04. The topological polar surface area (TPSA) is 80.7 Å². The van der Waals surface area contributed by atoms with Gasteiger partial charge in [-0.2, -0.15) is 0 Å². The second kappa shape index (κ2) is 53.1. The minimum Gasteiger partial charge on any atom is -0.304 e. The monoisotopic (exact) mass is 1610 g/mol. The van der Waals surface area contributed by atoms with Crippen LogP contribution in [0.3, 0.4) is 0 Å². The zero-order chi connectivity index (χ0) is 75.4. The lowest BCUT2D eigenvalue weighted by molar-refractivity contribution is 0.296. The predicted octanol–water partition coefficient (Wildman–Crippen LogP) is 25.5. The first-order valence-electron chi connectivity index (χ1n) is 38.2. The molecule has 0 saturated heterocycles. The Morgan fingerprint density at radius 1 is 0.229 bits per heavy atom. The first kappa shape index (κ1) is 90.0. The molecule has 10 nitrogen and oxygen atoms in total. The van der Waals surface area contributed by atoms with Gasteiger partial charge in [0, 0.05) is 120 Å². The molecule has 0 fully saturated rings. The fraction of sp³-hybridized carbons (Fsp3) is 0.471.